The van der Waals surface area contributed by atoms with Gasteiger partial charge >= 0.3 is 0 Å². The van der Waals surface area contributed by atoms with Crippen LogP contribution in [-0.2, 0) is 0 Å². The highest BCUT2D eigenvalue weighted by Gasteiger charge is 2.17. The smallest absolute Gasteiger partial charge is 0.289 e. The van der Waals surface area contributed by atoms with Crippen molar-refractivity contribution in [2.75, 3.05) is 14.2 Å². The molecule has 138 valence electrons. The fraction of sp³-hybridized carbons (Fsp3) is 0.111. The monoisotopic (exact) mass is 384 g/mol. The van der Waals surface area contributed by atoms with Crippen LogP contribution in [0, 0.1) is 0 Å². The van der Waals surface area contributed by atoms with E-state index in [1.807, 2.05) is 12.1 Å². The minimum absolute atomic E-state index is 0.173. The summed E-state index contributed by atoms with van der Waals surface area (Å²) in [4.78, 5) is 32.4. The van der Waals surface area contributed by atoms with Gasteiger partial charge in [0.15, 0.2) is 11.5 Å². The van der Waals surface area contributed by atoms with Gasteiger partial charge in [0.25, 0.3) is 11.8 Å². The summed E-state index contributed by atoms with van der Waals surface area (Å²) < 4.78 is 10.7. The van der Waals surface area contributed by atoms with Gasteiger partial charge in [0.05, 0.1) is 25.3 Å². The van der Waals surface area contributed by atoms with Gasteiger partial charge in [-0.25, -0.2) is 4.98 Å². The van der Waals surface area contributed by atoms with Gasteiger partial charge in [-0.15, -0.1) is 11.3 Å². The molecule has 8 nitrogen and oxygen atoms in total. The molecule has 0 unspecified atom stereocenters. The van der Waals surface area contributed by atoms with Crippen molar-refractivity contribution in [3.63, 3.8) is 0 Å². The number of para-hydroxylation sites is 1. The number of pyridine rings is 1. The number of benzene rings is 1. The first kappa shape index (κ1) is 18.3. The molecule has 0 atom stereocenters. The number of amides is 2. The standard InChI is InChI=1S/C18H16N4O4S/c1-25-14-7-3-6-12(15(14)26-2)18-20-13(10-27-18)17(24)22-21-16(23)11-5-4-8-19-9-11/h3-10H,1-2H3,(H,21,23)(H,22,24). The highest BCUT2D eigenvalue weighted by atomic mass is 32.1. The van der Waals surface area contributed by atoms with Crippen LogP contribution in [0.5, 0.6) is 11.5 Å². The van der Waals surface area contributed by atoms with Crippen molar-refractivity contribution in [3.8, 4) is 22.1 Å². The lowest BCUT2D eigenvalue weighted by Gasteiger charge is -2.10. The van der Waals surface area contributed by atoms with Crippen molar-refractivity contribution >= 4 is 23.2 Å². The van der Waals surface area contributed by atoms with E-state index < -0.39 is 11.8 Å². The summed E-state index contributed by atoms with van der Waals surface area (Å²) in [7, 11) is 3.09. The van der Waals surface area contributed by atoms with Crippen molar-refractivity contribution in [1.82, 2.24) is 20.8 Å². The highest BCUT2D eigenvalue weighted by molar-refractivity contribution is 7.13. The number of nitrogens with one attached hydrogen (secondary N) is 2. The number of hydrogen-bond donors (Lipinski definition) is 2. The maximum Gasteiger partial charge on any atom is 0.289 e. The van der Waals surface area contributed by atoms with Crippen LogP contribution in [0.25, 0.3) is 10.6 Å². The predicted molar refractivity (Wildman–Crippen MR) is 99.8 cm³/mol. The molecule has 0 aliphatic carbocycles. The molecule has 27 heavy (non-hydrogen) atoms. The van der Waals surface area contributed by atoms with Gasteiger partial charge < -0.3 is 9.47 Å². The molecule has 0 saturated carbocycles. The number of carbonyl (C=O) groups is 2. The minimum Gasteiger partial charge on any atom is -0.493 e. The zero-order chi connectivity index (χ0) is 19.2. The molecule has 0 aliphatic heterocycles. The first-order chi connectivity index (χ1) is 13.1. The Bertz CT molecular complexity index is 959. The molecule has 9 heteroatoms. The van der Waals surface area contributed by atoms with Gasteiger partial charge in [-0.05, 0) is 24.3 Å². The second-order valence-corrected chi connectivity index (χ2v) is 6.09. The SMILES string of the molecule is COc1cccc(-c2nc(C(=O)NNC(=O)c3cccnc3)cs2)c1OC. The van der Waals surface area contributed by atoms with Gasteiger partial charge in [-0.2, -0.15) is 0 Å². The predicted octanol–water partition coefficient (Wildman–Crippen LogP) is 2.30. The van der Waals surface area contributed by atoms with Crippen molar-refractivity contribution in [1.29, 1.82) is 0 Å². The fourth-order valence-corrected chi connectivity index (χ4v) is 3.13. The van der Waals surface area contributed by atoms with Crippen molar-refractivity contribution in [3.05, 3.63) is 59.4 Å². The van der Waals surface area contributed by atoms with Gasteiger partial charge in [-0.3, -0.25) is 25.4 Å². The third-order valence-electron chi connectivity index (χ3n) is 3.58. The molecule has 2 heterocycles. The van der Waals surface area contributed by atoms with E-state index in [9.17, 15) is 9.59 Å². The maximum absolute atomic E-state index is 12.2. The molecule has 0 spiro atoms. The highest BCUT2D eigenvalue weighted by Crippen LogP contribution is 2.38. The molecule has 2 amide bonds. The van der Waals surface area contributed by atoms with E-state index in [4.69, 9.17) is 9.47 Å². The molecule has 0 fully saturated rings. The number of rotatable bonds is 5. The van der Waals surface area contributed by atoms with E-state index >= 15 is 0 Å². The first-order valence-corrected chi connectivity index (χ1v) is 8.69. The number of carbonyl (C=O) groups excluding carboxylic acids is 2. The third kappa shape index (κ3) is 4.04. The van der Waals surface area contributed by atoms with E-state index in [0.717, 1.165) is 0 Å². The van der Waals surface area contributed by atoms with E-state index in [0.29, 0.717) is 27.6 Å². The fourth-order valence-electron chi connectivity index (χ4n) is 2.30. The average molecular weight is 384 g/mol. The molecule has 1 aromatic carbocycles. The maximum atomic E-state index is 12.2. The molecule has 2 aromatic heterocycles. The van der Waals surface area contributed by atoms with Crippen LogP contribution < -0.4 is 20.3 Å². The molecule has 2 N–H and O–H groups in total. The molecule has 0 bridgehead atoms. The molecular weight excluding hydrogens is 368 g/mol. The average Bonchev–Trinajstić information content (AvgIpc) is 3.21. The van der Waals surface area contributed by atoms with Gasteiger partial charge in [-0.1, -0.05) is 6.07 Å². The quantitative estimate of drug-likeness (QED) is 0.655. The van der Waals surface area contributed by atoms with E-state index in [-0.39, 0.29) is 5.69 Å². The van der Waals surface area contributed by atoms with Gasteiger partial charge in [0.2, 0.25) is 0 Å². The second kappa shape index (κ2) is 8.28. The lowest BCUT2D eigenvalue weighted by atomic mass is 10.2. The van der Waals surface area contributed by atoms with Crippen LogP contribution in [-0.4, -0.2) is 36.0 Å². The zero-order valence-corrected chi connectivity index (χ0v) is 15.4. The van der Waals surface area contributed by atoms with Gasteiger partial charge in [0.1, 0.15) is 10.7 Å². The Morgan fingerprint density at radius 1 is 1.04 bits per heavy atom. The number of thiazole rings is 1. The van der Waals surface area contributed by atoms with Crippen molar-refractivity contribution in [2.24, 2.45) is 0 Å². The lowest BCUT2D eigenvalue weighted by molar-refractivity contribution is 0.0844. The van der Waals surface area contributed by atoms with Gasteiger partial charge in [0, 0.05) is 17.8 Å². The largest absolute Gasteiger partial charge is 0.493 e. The van der Waals surface area contributed by atoms with E-state index in [1.54, 1.807) is 36.9 Å². The molecule has 3 rings (SSSR count). The number of hydrazine groups is 1. The minimum atomic E-state index is -0.531. The molecule has 0 saturated heterocycles. The summed E-state index contributed by atoms with van der Waals surface area (Å²) in [5.41, 5.74) is 5.88. The Morgan fingerprint density at radius 3 is 2.56 bits per heavy atom. The molecule has 3 aromatic rings. The Kier molecular flexibility index (Phi) is 5.62. The number of hydrogen-bond acceptors (Lipinski definition) is 7. The number of aromatic nitrogens is 2. The van der Waals surface area contributed by atoms with Crippen LogP contribution in [0.15, 0.2) is 48.1 Å². The van der Waals surface area contributed by atoms with Crippen LogP contribution in [0.2, 0.25) is 0 Å². The third-order valence-corrected chi connectivity index (χ3v) is 4.46. The van der Waals surface area contributed by atoms with E-state index in [2.05, 4.69) is 20.8 Å². The van der Waals surface area contributed by atoms with E-state index in [1.165, 1.54) is 24.6 Å². The molecule has 0 radical (unpaired) electrons. The number of methoxy groups -OCH3 is 2. The number of nitrogens with zero attached hydrogens (tertiary/aromatic N) is 2. The molecule has 0 aliphatic rings. The van der Waals surface area contributed by atoms with Crippen LogP contribution in [0.1, 0.15) is 20.8 Å². The first-order valence-electron chi connectivity index (χ1n) is 7.81. The Balaban J connectivity index is 1.72. The Hall–Kier alpha value is -3.46. The summed E-state index contributed by atoms with van der Waals surface area (Å²) in [6.07, 6.45) is 2.95. The topological polar surface area (TPSA) is 102 Å². The molecular formula is C18H16N4O4S. The Labute approximate surface area is 159 Å². The zero-order valence-electron chi connectivity index (χ0n) is 14.6. The van der Waals surface area contributed by atoms with Crippen molar-refractivity contribution in [2.45, 2.75) is 0 Å². The summed E-state index contributed by atoms with van der Waals surface area (Å²) in [5, 5.41) is 2.19. The summed E-state index contributed by atoms with van der Waals surface area (Å²) in [6, 6.07) is 8.63. The van der Waals surface area contributed by atoms with Crippen LogP contribution in [0.3, 0.4) is 0 Å². The lowest BCUT2D eigenvalue weighted by Crippen LogP contribution is -2.41. The summed E-state index contributed by atoms with van der Waals surface area (Å²) in [6.45, 7) is 0. The van der Waals surface area contributed by atoms with Crippen LogP contribution >= 0.6 is 11.3 Å². The number of ether oxygens (including phenoxy) is 2. The van der Waals surface area contributed by atoms with Crippen molar-refractivity contribution < 1.29 is 19.1 Å². The van der Waals surface area contributed by atoms with Crippen LogP contribution in [0.4, 0.5) is 0 Å². The summed E-state index contributed by atoms with van der Waals surface area (Å²) >= 11 is 1.28. The normalized spacial score (nSPS) is 10.1. The second-order valence-electron chi connectivity index (χ2n) is 5.23. The Morgan fingerprint density at radius 2 is 1.85 bits per heavy atom. The summed E-state index contributed by atoms with van der Waals surface area (Å²) in [5.74, 6) is 0.101.